The summed E-state index contributed by atoms with van der Waals surface area (Å²) >= 11 is 0. The molecule has 0 aliphatic carbocycles. The van der Waals surface area contributed by atoms with Gasteiger partial charge in [0.05, 0.1) is 11.5 Å². The lowest BCUT2D eigenvalue weighted by atomic mass is 10.1. The molecule has 1 atom stereocenters. The maximum Gasteiger partial charge on any atom is 0.416 e. The Kier molecular flexibility index (Phi) is 6.17. The highest BCUT2D eigenvalue weighted by molar-refractivity contribution is 8.45. The molecule has 2 aromatic rings. The molecule has 8 nitrogen and oxygen atoms in total. The first-order valence-electron chi connectivity index (χ1n) is 9.66. The third-order valence-electron chi connectivity index (χ3n) is 4.90. The van der Waals surface area contributed by atoms with E-state index in [-0.39, 0.29) is 18.1 Å². The van der Waals surface area contributed by atoms with E-state index in [2.05, 4.69) is 20.9 Å². The molecule has 1 fully saturated rings. The summed E-state index contributed by atoms with van der Waals surface area (Å²) in [6.07, 6.45) is -2.15. The zero-order chi connectivity index (χ0) is 26.3. The quantitative estimate of drug-likeness (QED) is 0.341. The van der Waals surface area contributed by atoms with Crippen molar-refractivity contribution in [2.75, 3.05) is 20.1 Å². The largest absolute Gasteiger partial charge is 0.416 e. The first-order chi connectivity index (χ1) is 15.8. The molecule has 2 heterocycles. The maximum absolute atomic E-state index is 13.2. The fourth-order valence-electron chi connectivity index (χ4n) is 3.15. The van der Waals surface area contributed by atoms with Crippen LogP contribution in [0.3, 0.4) is 0 Å². The topological polar surface area (TPSA) is 92.2 Å². The van der Waals surface area contributed by atoms with Gasteiger partial charge in [-0.05, 0) is 38.2 Å². The molecule has 1 unspecified atom stereocenters. The molecule has 0 saturated carbocycles. The van der Waals surface area contributed by atoms with Crippen molar-refractivity contribution in [3.63, 3.8) is 0 Å². The molecule has 1 saturated heterocycles. The van der Waals surface area contributed by atoms with Gasteiger partial charge in [-0.1, -0.05) is 19.4 Å². The first kappa shape index (κ1) is 26.4. The van der Waals surface area contributed by atoms with E-state index >= 15 is 0 Å². The van der Waals surface area contributed by atoms with Crippen LogP contribution in [0.1, 0.15) is 12.0 Å². The predicted octanol–water partition coefficient (Wildman–Crippen LogP) is 4.19. The van der Waals surface area contributed by atoms with Gasteiger partial charge in [0.2, 0.25) is 5.91 Å². The third-order valence-corrected chi connectivity index (χ3v) is 6.02. The van der Waals surface area contributed by atoms with Gasteiger partial charge in [0, 0.05) is 24.4 Å². The molecule has 0 radical (unpaired) electrons. The molecule has 35 heavy (non-hydrogen) atoms. The Morgan fingerprint density at radius 2 is 1.80 bits per heavy atom. The van der Waals surface area contributed by atoms with Crippen LogP contribution >= 0.6 is 10.2 Å². The number of aromatic nitrogens is 3. The fraction of sp³-hybridized carbons (Fsp3) is 0.333. The van der Waals surface area contributed by atoms with E-state index in [1.54, 1.807) is 0 Å². The summed E-state index contributed by atoms with van der Waals surface area (Å²) in [6, 6.07) is -0.661. The Morgan fingerprint density at radius 1 is 1.11 bits per heavy atom. The standard InChI is InChI=1S/C18H18F8N6O2S/c1-31-4-2-11(9-31)17(34)29-28-15(33)3-5-32-10-27-16(30-32)12-6-13(18(19,20)21)8-14(7-12)35(22,23,24,25)26/h3,5-8,10-11H,2,4,9H2,1H3,(H,28,33)(H,29,34). The van der Waals surface area contributed by atoms with Crippen LogP contribution in [-0.4, -0.2) is 51.6 Å². The minimum absolute atomic E-state index is 0.178. The number of nitrogens with one attached hydrogen (secondary N) is 2. The molecule has 1 aromatic carbocycles. The van der Waals surface area contributed by atoms with Crippen molar-refractivity contribution in [3.8, 4) is 11.4 Å². The summed E-state index contributed by atoms with van der Waals surface area (Å²) in [5, 5.41) is 3.59. The lowest BCUT2D eigenvalue weighted by molar-refractivity contribution is -0.137. The molecular weight excluding hydrogens is 516 g/mol. The Hall–Kier alpha value is -3.21. The van der Waals surface area contributed by atoms with Crippen LogP contribution in [0.4, 0.5) is 32.6 Å². The van der Waals surface area contributed by atoms with Gasteiger partial charge in [0.25, 0.3) is 5.91 Å². The van der Waals surface area contributed by atoms with Crippen molar-refractivity contribution >= 4 is 28.2 Å². The van der Waals surface area contributed by atoms with E-state index in [1.165, 1.54) is 0 Å². The average Bonchev–Trinajstić information content (AvgIpc) is 3.37. The van der Waals surface area contributed by atoms with Gasteiger partial charge in [-0.25, -0.2) is 9.67 Å². The Bertz CT molecular complexity index is 1180. The summed E-state index contributed by atoms with van der Waals surface area (Å²) in [5.74, 6) is -2.29. The monoisotopic (exact) mass is 534 g/mol. The number of carbonyl (C=O) groups excluding carboxylic acids is 2. The number of halogens is 8. The molecule has 0 spiro atoms. The van der Waals surface area contributed by atoms with Crippen molar-refractivity contribution in [3.05, 3.63) is 36.2 Å². The van der Waals surface area contributed by atoms with Crippen molar-refractivity contribution in [1.29, 1.82) is 0 Å². The molecule has 0 bridgehead atoms. The van der Waals surface area contributed by atoms with E-state index in [0.717, 1.165) is 29.8 Å². The van der Waals surface area contributed by atoms with Gasteiger partial charge in [-0.3, -0.25) is 20.4 Å². The minimum Gasteiger partial charge on any atom is -0.306 e. The highest BCUT2D eigenvalue weighted by atomic mass is 32.5. The SMILES string of the molecule is CN1CCC(C(=O)NNC(=O)C=Cn2cnc(-c3cc(C(F)(F)F)cc(S(F)(F)(F)(F)F)c3)n2)C1. The molecule has 2 N–H and O–H groups in total. The van der Waals surface area contributed by atoms with E-state index in [4.69, 9.17) is 0 Å². The van der Waals surface area contributed by atoms with E-state index in [1.807, 2.05) is 11.9 Å². The van der Waals surface area contributed by atoms with Crippen molar-refractivity contribution in [2.24, 2.45) is 5.92 Å². The highest BCUT2D eigenvalue weighted by Gasteiger charge is 2.66. The molecule has 2 amide bonds. The Morgan fingerprint density at radius 3 is 2.37 bits per heavy atom. The van der Waals surface area contributed by atoms with Crippen LogP contribution < -0.4 is 10.9 Å². The van der Waals surface area contributed by atoms with Gasteiger partial charge in [0.1, 0.15) is 11.2 Å². The molecule has 3 rings (SSSR count). The number of hydrogen-bond donors (Lipinski definition) is 2. The molecule has 194 valence electrons. The predicted molar refractivity (Wildman–Crippen MR) is 109 cm³/mol. The number of likely N-dealkylation sites (tertiary alicyclic amines) is 1. The van der Waals surface area contributed by atoms with Crippen LogP contribution in [0.25, 0.3) is 17.6 Å². The average molecular weight is 534 g/mol. The lowest BCUT2D eigenvalue weighted by Gasteiger charge is -2.40. The number of rotatable bonds is 5. The van der Waals surface area contributed by atoms with Gasteiger partial charge < -0.3 is 4.90 Å². The highest BCUT2D eigenvalue weighted by Crippen LogP contribution is 3.02. The summed E-state index contributed by atoms with van der Waals surface area (Å²) in [5.41, 5.74) is 1.39. The summed E-state index contributed by atoms with van der Waals surface area (Å²) in [4.78, 5) is 26.5. The van der Waals surface area contributed by atoms with Gasteiger partial charge in [0.15, 0.2) is 5.82 Å². The van der Waals surface area contributed by atoms with Crippen LogP contribution in [-0.2, 0) is 15.8 Å². The van der Waals surface area contributed by atoms with Crippen LogP contribution in [0, 0.1) is 5.92 Å². The number of hydrogen-bond acceptors (Lipinski definition) is 5. The Labute approximate surface area is 192 Å². The second-order valence-corrected chi connectivity index (χ2v) is 10.2. The molecule has 17 heteroatoms. The molecule has 1 aromatic heterocycles. The minimum atomic E-state index is -10.5. The molecule has 1 aliphatic heterocycles. The van der Waals surface area contributed by atoms with Gasteiger partial charge in [-0.15, -0.1) is 5.10 Å². The van der Waals surface area contributed by atoms with Crippen molar-refractivity contribution in [2.45, 2.75) is 17.5 Å². The maximum atomic E-state index is 13.2. The number of hydrazine groups is 1. The number of nitrogens with zero attached hydrogens (tertiary/aromatic N) is 4. The lowest BCUT2D eigenvalue weighted by Crippen LogP contribution is -2.44. The smallest absolute Gasteiger partial charge is 0.306 e. The zero-order valence-corrected chi connectivity index (χ0v) is 18.5. The fourth-order valence-corrected chi connectivity index (χ4v) is 3.85. The normalized spacial score (nSPS) is 19.4. The zero-order valence-electron chi connectivity index (χ0n) is 17.7. The summed E-state index contributed by atoms with van der Waals surface area (Å²) in [6.45, 7) is 1.23. The van der Waals surface area contributed by atoms with Gasteiger partial charge >= 0.3 is 16.4 Å². The first-order valence-corrected chi connectivity index (χ1v) is 11.6. The van der Waals surface area contributed by atoms with E-state index in [9.17, 15) is 42.2 Å². The van der Waals surface area contributed by atoms with E-state index < -0.39 is 56.1 Å². The van der Waals surface area contributed by atoms with Crippen LogP contribution in [0.2, 0.25) is 0 Å². The van der Waals surface area contributed by atoms with Crippen molar-refractivity contribution in [1.82, 2.24) is 30.5 Å². The second-order valence-electron chi connectivity index (χ2n) is 7.80. The van der Waals surface area contributed by atoms with Crippen LogP contribution in [0.15, 0.2) is 35.5 Å². The second kappa shape index (κ2) is 8.18. The number of benzene rings is 1. The molecular formula is C18H18F8N6O2S. The van der Waals surface area contributed by atoms with Crippen LogP contribution in [0.5, 0.6) is 0 Å². The van der Waals surface area contributed by atoms with E-state index in [0.29, 0.717) is 13.0 Å². The molecule has 1 aliphatic rings. The summed E-state index contributed by atoms with van der Waals surface area (Å²) in [7, 11) is -8.62. The van der Waals surface area contributed by atoms with Crippen molar-refractivity contribution < 1.29 is 42.2 Å². The van der Waals surface area contributed by atoms with Gasteiger partial charge in [-0.2, -0.15) is 13.2 Å². The number of alkyl halides is 3. The number of amides is 2. The summed E-state index contributed by atoms with van der Waals surface area (Å²) < 4.78 is 106. The third kappa shape index (κ3) is 6.91. The Balaban J connectivity index is 1.76. The number of carbonyl (C=O) groups is 2.